The Balaban J connectivity index is 2.11. The maximum absolute atomic E-state index is 4.48. The molecule has 1 aromatic heterocycles. The number of nitrogens with zero attached hydrogens (tertiary/aromatic N) is 2. The highest BCUT2D eigenvalue weighted by atomic mass is 79.9. The standard InChI is InChI=1S/C12H16Br2N2/c1-9-3-6-15-12(11(9)14)16-7-4-10(8-16)2-5-13/h3,6,10H,2,4-5,7-8H2,1H3. The number of alkyl halides is 1. The third kappa shape index (κ3) is 2.59. The number of hydrogen-bond acceptors (Lipinski definition) is 2. The third-order valence-electron chi connectivity index (χ3n) is 3.17. The summed E-state index contributed by atoms with van der Waals surface area (Å²) in [4.78, 5) is 6.88. The van der Waals surface area contributed by atoms with E-state index >= 15 is 0 Å². The minimum atomic E-state index is 0.814. The molecule has 1 unspecified atom stereocenters. The molecule has 0 bridgehead atoms. The van der Waals surface area contributed by atoms with Gasteiger partial charge in [-0.3, -0.25) is 0 Å². The van der Waals surface area contributed by atoms with Crippen molar-refractivity contribution in [3.05, 3.63) is 22.3 Å². The molecule has 4 heteroatoms. The molecule has 1 aliphatic heterocycles. The lowest BCUT2D eigenvalue weighted by Gasteiger charge is -2.19. The van der Waals surface area contributed by atoms with Gasteiger partial charge in [-0.05, 0) is 53.2 Å². The fraction of sp³-hybridized carbons (Fsp3) is 0.583. The molecule has 1 fully saturated rings. The Morgan fingerprint density at radius 3 is 3.12 bits per heavy atom. The first-order valence-corrected chi connectivity index (χ1v) is 7.56. The zero-order chi connectivity index (χ0) is 11.5. The van der Waals surface area contributed by atoms with Crippen molar-refractivity contribution in [2.75, 3.05) is 23.3 Å². The molecule has 0 radical (unpaired) electrons. The molecule has 1 aromatic rings. The quantitative estimate of drug-likeness (QED) is 0.774. The molecule has 0 aliphatic carbocycles. The van der Waals surface area contributed by atoms with Gasteiger partial charge in [-0.2, -0.15) is 0 Å². The topological polar surface area (TPSA) is 16.1 Å². The van der Waals surface area contributed by atoms with Crippen molar-refractivity contribution in [3.8, 4) is 0 Å². The molecule has 0 aromatic carbocycles. The summed E-state index contributed by atoms with van der Waals surface area (Å²) in [5.41, 5.74) is 1.26. The van der Waals surface area contributed by atoms with E-state index in [1.54, 1.807) is 0 Å². The Kier molecular flexibility index (Phi) is 4.25. The zero-order valence-electron chi connectivity index (χ0n) is 9.42. The smallest absolute Gasteiger partial charge is 0.143 e. The van der Waals surface area contributed by atoms with Crippen molar-refractivity contribution in [2.24, 2.45) is 5.92 Å². The number of halogens is 2. The van der Waals surface area contributed by atoms with Crippen LogP contribution >= 0.6 is 31.9 Å². The van der Waals surface area contributed by atoms with Crippen molar-refractivity contribution in [1.82, 2.24) is 4.98 Å². The van der Waals surface area contributed by atoms with Crippen LogP contribution < -0.4 is 4.90 Å². The molecule has 1 saturated heterocycles. The number of aryl methyl sites for hydroxylation is 1. The normalized spacial score (nSPS) is 20.4. The molecule has 0 saturated carbocycles. The molecule has 0 spiro atoms. The summed E-state index contributed by atoms with van der Waals surface area (Å²) >= 11 is 7.15. The Morgan fingerprint density at radius 1 is 1.56 bits per heavy atom. The number of pyridine rings is 1. The van der Waals surface area contributed by atoms with Gasteiger partial charge in [0.15, 0.2) is 0 Å². The molecule has 1 aliphatic rings. The van der Waals surface area contributed by atoms with Crippen LogP contribution in [-0.2, 0) is 0 Å². The lowest BCUT2D eigenvalue weighted by molar-refractivity contribution is 0.575. The average molecular weight is 348 g/mol. The first-order valence-electron chi connectivity index (χ1n) is 5.64. The zero-order valence-corrected chi connectivity index (χ0v) is 12.6. The van der Waals surface area contributed by atoms with Crippen LogP contribution in [0.5, 0.6) is 0 Å². The van der Waals surface area contributed by atoms with Gasteiger partial charge in [-0.15, -0.1) is 0 Å². The van der Waals surface area contributed by atoms with Crippen LogP contribution in [0, 0.1) is 12.8 Å². The van der Waals surface area contributed by atoms with Crippen LogP contribution in [0.4, 0.5) is 5.82 Å². The summed E-state index contributed by atoms with van der Waals surface area (Å²) in [7, 11) is 0. The second-order valence-corrected chi connectivity index (χ2v) is 5.93. The Labute approximate surface area is 114 Å². The fourth-order valence-corrected chi connectivity index (χ4v) is 3.29. The van der Waals surface area contributed by atoms with Crippen molar-refractivity contribution in [3.63, 3.8) is 0 Å². The number of rotatable bonds is 3. The van der Waals surface area contributed by atoms with Crippen molar-refractivity contribution >= 4 is 37.7 Å². The van der Waals surface area contributed by atoms with Crippen LogP contribution in [0.25, 0.3) is 0 Å². The van der Waals surface area contributed by atoms with E-state index in [4.69, 9.17) is 0 Å². The van der Waals surface area contributed by atoms with E-state index in [1.807, 2.05) is 12.3 Å². The van der Waals surface area contributed by atoms with E-state index in [0.717, 1.165) is 34.6 Å². The van der Waals surface area contributed by atoms with Crippen molar-refractivity contribution in [2.45, 2.75) is 19.8 Å². The molecule has 16 heavy (non-hydrogen) atoms. The molecule has 88 valence electrons. The Morgan fingerprint density at radius 2 is 2.38 bits per heavy atom. The summed E-state index contributed by atoms with van der Waals surface area (Å²) in [6.45, 7) is 4.38. The van der Waals surface area contributed by atoms with Crippen LogP contribution in [0.15, 0.2) is 16.7 Å². The minimum Gasteiger partial charge on any atom is -0.355 e. The average Bonchev–Trinajstić information content (AvgIpc) is 2.71. The first kappa shape index (κ1) is 12.4. The van der Waals surface area contributed by atoms with E-state index in [2.05, 4.69) is 48.7 Å². The van der Waals surface area contributed by atoms with Crippen LogP contribution in [0.3, 0.4) is 0 Å². The molecule has 0 amide bonds. The third-order valence-corrected chi connectivity index (χ3v) is 4.60. The number of aromatic nitrogens is 1. The predicted octanol–water partition coefficient (Wildman–Crippen LogP) is 3.76. The first-order chi connectivity index (χ1) is 7.72. The summed E-state index contributed by atoms with van der Waals surface area (Å²) in [5, 5.41) is 1.11. The second kappa shape index (κ2) is 5.50. The molecular formula is C12H16Br2N2. The van der Waals surface area contributed by atoms with E-state index in [1.165, 1.54) is 18.4 Å². The SMILES string of the molecule is Cc1ccnc(N2CCC(CCBr)C2)c1Br. The molecular weight excluding hydrogens is 332 g/mol. The van der Waals surface area contributed by atoms with E-state index in [0.29, 0.717) is 0 Å². The molecule has 0 N–H and O–H groups in total. The summed E-state index contributed by atoms with van der Waals surface area (Å²) in [5.74, 6) is 1.92. The lowest BCUT2D eigenvalue weighted by Crippen LogP contribution is -2.21. The van der Waals surface area contributed by atoms with Crippen LogP contribution in [-0.4, -0.2) is 23.4 Å². The van der Waals surface area contributed by atoms with E-state index in [-0.39, 0.29) is 0 Å². The molecule has 2 heterocycles. The maximum atomic E-state index is 4.48. The van der Waals surface area contributed by atoms with Gasteiger partial charge in [-0.25, -0.2) is 4.98 Å². The van der Waals surface area contributed by atoms with Gasteiger partial charge >= 0.3 is 0 Å². The van der Waals surface area contributed by atoms with Crippen molar-refractivity contribution < 1.29 is 0 Å². The maximum Gasteiger partial charge on any atom is 0.143 e. The van der Waals surface area contributed by atoms with Gasteiger partial charge in [0.1, 0.15) is 5.82 Å². The van der Waals surface area contributed by atoms with E-state index in [9.17, 15) is 0 Å². The highest BCUT2D eigenvalue weighted by Crippen LogP contribution is 2.31. The monoisotopic (exact) mass is 346 g/mol. The summed E-state index contributed by atoms with van der Waals surface area (Å²) in [6.07, 6.45) is 4.45. The lowest BCUT2D eigenvalue weighted by atomic mass is 10.1. The van der Waals surface area contributed by atoms with Gasteiger partial charge in [0, 0.05) is 24.6 Å². The van der Waals surface area contributed by atoms with Gasteiger partial charge < -0.3 is 4.90 Å². The number of anilines is 1. The fourth-order valence-electron chi connectivity index (χ4n) is 2.16. The largest absolute Gasteiger partial charge is 0.355 e. The van der Waals surface area contributed by atoms with Gasteiger partial charge in [0.2, 0.25) is 0 Å². The molecule has 1 atom stereocenters. The Hall–Kier alpha value is -0.0900. The highest BCUT2D eigenvalue weighted by Gasteiger charge is 2.24. The summed E-state index contributed by atoms with van der Waals surface area (Å²) in [6, 6.07) is 2.04. The molecule has 2 nitrogen and oxygen atoms in total. The number of hydrogen-bond donors (Lipinski definition) is 0. The Bertz CT molecular complexity index is 368. The van der Waals surface area contributed by atoms with Crippen molar-refractivity contribution in [1.29, 1.82) is 0 Å². The van der Waals surface area contributed by atoms with Crippen LogP contribution in [0.1, 0.15) is 18.4 Å². The van der Waals surface area contributed by atoms with Gasteiger partial charge in [0.25, 0.3) is 0 Å². The van der Waals surface area contributed by atoms with Crippen LogP contribution in [0.2, 0.25) is 0 Å². The summed E-state index contributed by atoms with van der Waals surface area (Å²) < 4.78 is 1.15. The highest BCUT2D eigenvalue weighted by molar-refractivity contribution is 9.10. The predicted molar refractivity (Wildman–Crippen MR) is 75.4 cm³/mol. The second-order valence-electron chi connectivity index (χ2n) is 4.34. The van der Waals surface area contributed by atoms with Gasteiger partial charge in [-0.1, -0.05) is 15.9 Å². The van der Waals surface area contributed by atoms with Gasteiger partial charge in [0.05, 0.1) is 4.47 Å². The minimum absolute atomic E-state index is 0.814. The molecule has 2 rings (SSSR count). The van der Waals surface area contributed by atoms with E-state index < -0.39 is 0 Å².